The Morgan fingerprint density at radius 2 is 1.68 bits per heavy atom. The van der Waals surface area contributed by atoms with Crippen molar-refractivity contribution >= 4 is 29.1 Å². The van der Waals surface area contributed by atoms with Crippen molar-refractivity contribution in [1.82, 2.24) is 5.32 Å². The maximum atomic E-state index is 11.8. The summed E-state index contributed by atoms with van der Waals surface area (Å²) < 4.78 is 5.50. The van der Waals surface area contributed by atoms with Gasteiger partial charge in [-0.15, -0.1) is 0 Å². The zero-order valence-electron chi connectivity index (χ0n) is 12.5. The van der Waals surface area contributed by atoms with Gasteiger partial charge >= 0.3 is 0 Å². The van der Waals surface area contributed by atoms with Crippen LogP contribution < -0.4 is 10.1 Å². The first-order valence-corrected chi connectivity index (χ1v) is 7.62. The smallest absolute Gasteiger partial charge is 0.258 e. The van der Waals surface area contributed by atoms with E-state index in [9.17, 15) is 4.79 Å². The third-order valence-electron chi connectivity index (χ3n) is 3.18. The first-order valence-electron chi connectivity index (χ1n) is 6.86. The lowest BCUT2D eigenvalue weighted by molar-refractivity contribution is -0.123. The Morgan fingerprint density at radius 1 is 1.09 bits per heavy atom. The standard InChI is InChI=1S/C17H17Cl2NO2/c1-11-7-15(8-12(2)17(11)19)22-10-16(21)20-9-13-3-5-14(18)6-4-13/h3-8H,9-10H2,1-2H3,(H,20,21). The largest absolute Gasteiger partial charge is 0.484 e. The van der Waals surface area contributed by atoms with Gasteiger partial charge in [-0.1, -0.05) is 35.3 Å². The third-order valence-corrected chi connectivity index (χ3v) is 4.03. The lowest BCUT2D eigenvalue weighted by atomic mass is 10.1. The van der Waals surface area contributed by atoms with Crippen LogP contribution in [0.3, 0.4) is 0 Å². The van der Waals surface area contributed by atoms with Crippen molar-refractivity contribution in [2.75, 3.05) is 6.61 Å². The molecule has 2 aromatic rings. The van der Waals surface area contributed by atoms with E-state index in [2.05, 4.69) is 5.32 Å². The number of carbonyl (C=O) groups is 1. The number of amides is 1. The van der Waals surface area contributed by atoms with Crippen molar-refractivity contribution in [1.29, 1.82) is 0 Å². The molecule has 5 heteroatoms. The summed E-state index contributed by atoms with van der Waals surface area (Å²) in [5.74, 6) is 0.459. The highest BCUT2D eigenvalue weighted by Crippen LogP contribution is 2.25. The van der Waals surface area contributed by atoms with Crippen LogP contribution in [-0.2, 0) is 11.3 Å². The molecule has 116 valence electrons. The molecule has 3 nitrogen and oxygen atoms in total. The maximum absolute atomic E-state index is 11.8. The van der Waals surface area contributed by atoms with Crippen molar-refractivity contribution in [3.8, 4) is 5.75 Å². The molecule has 0 saturated carbocycles. The molecule has 1 amide bonds. The van der Waals surface area contributed by atoms with Crippen LogP contribution in [0.2, 0.25) is 10.0 Å². The average Bonchev–Trinajstić information content (AvgIpc) is 2.50. The van der Waals surface area contributed by atoms with Crippen LogP contribution >= 0.6 is 23.2 Å². The Hall–Kier alpha value is -1.71. The van der Waals surface area contributed by atoms with Gasteiger partial charge in [-0.2, -0.15) is 0 Å². The average molecular weight is 338 g/mol. The van der Waals surface area contributed by atoms with E-state index in [1.165, 1.54) is 0 Å². The van der Waals surface area contributed by atoms with Crippen LogP contribution in [0.15, 0.2) is 36.4 Å². The molecule has 2 rings (SSSR count). The lowest BCUT2D eigenvalue weighted by Gasteiger charge is -2.10. The van der Waals surface area contributed by atoms with Gasteiger partial charge in [0.2, 0.25) is 0 Å². The molecule has 0 aliphatic heterocycles. The van der Waals surface area contributed by atoms with Gasteiger partial charge in [-0.05, 0) is 54.8 Å². The van der Waals surface area contributed by atoms with Crippen molar-refractivity contribution in [3.05, 3.63) is 63.1 Å². The predicted molar refractivity (Wildman–Crippen MR) is 89.7 cm³/mol. The highest BCUT2D eigenvalue weighted by molar-refractivity contribution is 6.32. The Kier molecular flexibility index (Phi) is 5.69. The van der Waals surface area contributed by atoms with E-state index in [1.54, 1.807) is 12.1 Å². The normalized spacial score (nSPS) is 10.4. The summed E-state index contributed by atoms with van der Waals surface area (Å²) in [5.41, 5.74) is 2.84. The van der Waals surface area contributed by atoms with E-state index in [4.69, 9.17) is 27.9 Å². The third kappa shape index (κ3) is 4.65. The van der Waals surface area contributed by atoms with Gasteiger partial charge < -0.3 is 10.1 Å². The summed E-state index contributed by atoms with van der Waals surface area (Å²) in [4.78, 5) is 11.8. The van der Waals surface area contributed by atoms with E-state index in [0.29, 0.717) is 17.3 Å². The molecular weight excluding hydrogens is 321 g/mol. The zero-order valence-corrected chi connectivity index (χ0v) is 14.0. The van der Waals surface area contributed by atoms with Crippen LogP contribution in [0.1, 0.15) is 16.7 Å². The number of nitrogens with one attached hydrogen (secondary N) is 1. The highest BCUT2D eigenvalue weighted by Gasteiger charge is 2.06. The van der Waals surface area contributed by atoms with Gasteiger partial charge in [0.25, 0.3) is 5.91 Å². The number of rotatable bonds is 5. The van der Waals surface area contributed by atoms with Crippen LogP contribution in [-0.4, -0.2) is 12.5 Å². The molecule has 22 heavy (non-hydrogen) atoms. The first-order chi connectivity index (χ1) is 10.5. The Balaban J connectivity index is 1.84. The topological polar surface area (TPSA) is 38.3 Å². The Labute approximate surface area is 140 Å². The second kappa shape index (κ2) is 7.52. The van der Waals surface area contributed by atoms with Crippen LogP contribution in [0.4, 0.5) is 0 Å². The number of hydrogen-bond donors (Lipinski definition) is 1. The monoisotopic (exact) mass is 337 g/mol. The van der Waals surface area contributed by atoms with Crippen LogP contribution in [0.25, 0.3) is 0 Å². The van der Waals surface area contributed by atoms with Crippen molar-refractivity contribution in [2.24, 2.45) is 0 Å². The van der Waals surface area contributed by atoms with E-state index >= 15 is 0 Å². The van der Waals surface area contributed by atoms with Crippen LogP contribution in [0, 0.1) is 13.8 Å². The number of carbonyl (C=O) groups excluding carboxylic acids is 1. The minimum Gasteiger partial charge on any atom is -0.484 e. The molecule has 0 heterocycles. The molecule has 0 radical (unpaired) electrons. The molecule has 0 unspecified atom stereocenters. The molecule has 0 atom stereocenters. The highest BCUT2D eigenvalue weighted by atomic mass is 35.5. The SMILES string of the molecule is Cc1cc(OCC(=O)NCc2ccc(Cl)cc2)cc(C)c1Cl. The fraction of sp³-hybridized carbons (Fsp3) is 0.235. The summed E-state index contributed by atoms with van der Waals surface area (Å²) in [6.45, 7) is 4.22. The summed E-state index contributed by atoms with van der Waals surface area (Å²) >= 11 is 11.9. The maximum Gasteiger partial charge on any atom is 0.258 e. The molecule has 0 aliphatic carbocycles. The Morgan fingerprint density at radius 3 is 2.27 bits per heavy atom. The molecule has 0 fully saturated rings. The molecule has 0 aromatic heterocycles. The van der Waals surface area contributed by atoms with Crippen molar-refractivity contribution < 1.29 is 9.53 Å². The molecule has 0 bridgehead atoms. The molecule has 0 aliphatic rings. The predicted octanol–water partition coefficient (Wildman–Crippen LogP) is 4.31. The summed E-state index contributed by atoms with van der Waals surface area (Å²) in [5, 5.41) is 4.19. The summed E-state index contributed by atoms with van der Waals surface area (Å²) in [7, 11) is 0. The van der Waals surface area contributed by atoms with Gasteiger partial charge in [0.1, 0.15) is 5.75 Å². The summed E-state index contributed by atoms with van der Waals surface area (Å²) in [6.07, 6.45) is 0. The van der Waals surface area contributed by atoms with Gasteiger partial charge in [-0.25, -0.2) is 0 Å². The Bertz CT molecular complexity index is 646. The number of hydrogen-bond acceptors (Lipinski definition) is 2. The van der Waals surface area contributed by atoms with Crippen molar-refractivity contribution in [3.63, 3.8) is 0 Å². The lowest BCUT2D eigenvalue weighted by Crippen LogP contribution is -2.28. The second-order valence-electron chi connectivity index (χ2n) is 5.06. The second-order valence-corrected chi connectivity index (χ2v) is 5.88. The van der Waals surface area contributed by atoms with E-state index in [-0.39, 0.29) is 12.5 Å². The zero-order chi connectivity index (χ0) is 16.1. The van der Waals surface area contributed by atoms with E-state index in [0.717, 1.165) is 21.7 Å². The summed E-state index contributed by atoms with van der Waals surface area (Å²) in [6, 6.07) is 11.0. The molecular formula is C17H17Cl2NO2. The first kappa shape index (κ1) is 16.7. The van der Waals surface area contributed by atoms with Gasteiger partial charge in [0.15, 0.2) is 6.61 Å². The van der Waals surface area contributed by atoms with Gasteiger partial charge in [0.05, 0.1) is 0 Å². The van der Waals surface area contributed by atoms with E-state index in [1.807, 2.05) is 38.1 Å². The number of ether oxygens (including phenoxy) is 1. The molecule has 0 spiro atoms. The molecule has 0 saturated heterocycles. The minimum absolute atomic E-state index is 0.0336. The molecule has 1 N–H and O–H groups in total. The van der Waals surface area contributed by atoms with Gasteiger partial charge in [-0.3, -0.25) is 4.79 Å². The fourth-order valence-electron chi connectivity index (χ4n) is 1.99. The molecule has 2 aromatic carbocycles. The minimum atomic E-state index is -0.180. The number of benzene rings is 2. The fourth-order valence-corrected chi connectivity index (χ4v) is 2.23. The van der Waals surface area contributed by atoms with Crippen LogP contribution in [0.5, 0.6) is 5.75 Å². The van der Waals surface area contributed by atoms with Gasteiger partial charge in [0, 0.05) is 16.6 Å². The van der Waals surface area contributed by atoms with E-state index < -0.39 is 0 Å². The number of aryl methyl sites for hydroxylation is 2. The van der Waals surface area contributed by atoms with Crippen molar-refractivity contribution in [2.45, 2.75) is 20.4 Å². The quantitative estimate of drug-likeness (QED) is 0.882. The number of halogens is 2.